The fourth-order valence-electron chi connectivity index (χ4n) is 1.88. The topological polar surface area (TPSA) is 72.2 Å². The molecular weight excluding hydrogens is 420 g/mol. The van der Waals surface area contributed by atoms with Gasteiger partial charge in [-0.15, -0.1) is 0 Å². The normalized spacial score (nSPS) is 13.1. The van der Waals surface area contributed by atoms with Crippen LogP contribution in [0.25, 0.3) is 0 Å². The minimum absolute atomic E-state index is 0.0683. The molecule has 0 saturated carbocycles. The lowest BCUT2D eigenvalue weighted by atomic mass is 10.1. The Hall–Kier alpha value is -0.890. The third-order valence-electron chi connectivity index (χ3n) is 2.95. The molecule has 0 aliphatic heterocycles. The Bertz CT molecular complexity index is 763. The molecule has 0 heterocycles. The smallest absolute Gasteiger partial charge is 0.243 e. The van der Waals surface area contributed by atoms with Crippen LogP contribution in [0.1, 0.15) is 18.5 Å². The third kappa shape index (κ3) is 4.06. The van der Waals surface area contributed by atoms with Gasteiger partial charge in [-0.3, -0.25) is 0 Å². The largest absolute Gasteiger partial charge is 0.398 e. The Morgan fingerprint density at radius 2 is 1.76 bits per heavy atom. The molecule has 3 N–H and O–H groups in total. The van der Waals surface area contributed by atoms with Gasteiger partial charge < -0.3 is 5.73 Å². The molecule has 21 heavy (non-hydrogen) atoms. The Morgan fingerprint density at radius 3 is 2.43 bits per heavy atom. The standard InChI is InChI=1S/C14H14Br2N2O2S/c1-9(10-3-2-4-11(15)7-10)18-21(19,20)14-8-12(16)5-6-13(14)17/h2-9,18H,17H2,1H3. The van der Waals surface area contributed by atoms with E-state index in [9.17, 15) is 8.42 Å². The SMILES string of the molecule is CC(NS(=O)(=O)c1cc(Br)ccc1N)c1cccc(Br)c1. The molecule has 0 aromatic heterocycles. The van der Waals surface area contributed by atoms with Crippen LogP contribution in [0.2, 0.25) is 0 Å². The van der Waals surface area contributed by atoms with Gasteiger partial charge in [0.2, 0.25) is 10.0 Å². The summed E-state index contributed by atoms with van der Waals surface area (Å²) < 4.78 is 29.1. The van der Waals surface area contributed by atoms with Crippen LogP contribution < -0.4 is 10.5 Å². The molecule has 4 nitrogen and oxygen atoms in total. The number of benzene rings is 2. The lowest BCUT2D eigenvalue weighted by molar-refractivity contribution is 0.567. The molecule has 2 aromatic rings. The van der Waals surface area contributed by atoms with Crippen molar-refractivity contribution in [3.63, 3.8) is 0 Å². The number of rotatable bonds is 4. The molecule has 2 aromatic carbocycles. The van der Waals surface area contributed by atoms with Crippen molar-refractivity contribution in [1.29, 1.82) is 0 Å². The zero-order valence-electron chi connectivity index (χ0n) is 11.2. The molecular formula is C14H14Br2N2O2S. The van der Waals surface area contributed by atoms with Crippen LogP contribution in [0, 0.1) is 0 Å². The van der Waals surface area contributed by atoms with Crippen molar-refractivity contribution in [2.45, 2.75) is 17.9 Å². The van der Waals surface area contributed by atoms with Crippen molar-refractivity contribution in [1.82, 2.24) is 4.72 Å². The van der Waals surface area contributed by atoms with Gasteiger partial charge in [-0.25, -0.2) is 13.1 Å². The van der Waals surface area contributed by atoms with Crippen molar-refractivity contribution in [3.05, 3.63) is 57.0 Å². The molecule has 1 unspecified atom stereocenters. The minimum Gasteiger partial charge on any atom is -0.398 e. The highest BCUT2D eigenvalue weighted by atomic mass is 79.9. The molecule has 0 radical (unpaired) electrons. The Morgan fingerprint density at radius 1 is 1.10 bits per heavy atom. The van der Waals surface area contributed by atoms with Crippen molar-refractivity contribution < 1.29 is 8.42 Å². The number of nitrogens with two attached hydrogens (primary N) is 1. The summed E-state index contributed by atoms with van der Waals surface area (Å²) in [6.45, 7) is 1.79. The quantitative estimate of drug-likeness (QED) is 0.719. The van der Waals surface area contributed by atoms with Crippen molar-refractivity contribution >= 4 is 47.6 Å². The molecule has 7 heteroatoms. The lowest BCUT2D eigenvalue weighted by Gasteiger charge is -2.16. The predicted molar refractivity (Wildman–Crippen MR) is 91.4 cm³/mol. The number of nitrogen functional groups attached to an aromatic ring is 1. The second-order valence-corrected chi connectivity index (χ2v) is 8.09. The maximum absolute atomic E-state index is 12.5. The highest BCUT2D eigenvalue weighted by Gasteiger charge is 2.21. The molecule has 0 aliphatic rings. The van der Waals surface area contributed by atoms with Crippen LogP contribution in [0.15, 0.2) is 56.3 Å². The molecule has 0 aliphatic carbocycles. The first kappa shape index (κ1) is 16.5. The summed E-state index contributed by atoms with van der Waals surface area (Å²) in [5.41, 5.74) is 6.84. The van der Waals surface area contributed by atoms with E-state index in [-0.39, 0.29) is 16.6 Å². The maximum Gasteiger partial charge on any atom is 0.243 e. The van der Waals surface area contributed by atoms with E-state index in [2.05, 4.69) is 36.6 Å². The van der Waals surface area contributed by atoms with Gasteiger partial charge in [-0.05, 0) is 42.8 Å². The number of halogens is 2. The van der Waals surface area contributed by atoms with Crippen molar-refractivity contribution in [2.75, 3.05) is 5.73 Å². The van der Waals surface area contributed by atoms with Gasteiger partial charge in [0.05, 0.1) is 5.69 Å². The van der Waals surface area contributed by atoms with E-state index in [4.69, 9.17) is 5.73 Å². The Balaban J connectivity index is 2.31. The van der Waals surface area contributed by atoms with Crippen LogP contribution in [-0.4, -0.2) is 8.42 Å². The highest BCUT2D eigenvalue weighted by molar-refractivity contribution is 9.10. The van der Waals surface area contributed by atoms with Crippen LogP contribution in [0.5, 0.6) is 0 Å². The molecule has 0 spiro atoms. The first-order valence-electron chi connectivity index (χ1n) is 6.12. The number of nitrogens with one attached hydrogen (secondary N) is 1. The van der Waals surface area contributed by atoms with Crippen LogP contribution in [0.4, 0.5) is 5.69 Å². The monoisotopic (exact) mass is 432 g/mol. The second-order valence-electron chi connectivity index (χ2n) is 4.58. The Kier molecular flexibility index (Phi) is 5.08. The highest BCUT2D eigenvalue weighted by Crippen LogP contribution is 2.25. The zero-order chi connectivity index (χ0) is 15.6. The fourth-order valence-corrected chi connectivity index (χ4v) is 4.20. The minimum atomic E-state index is -3.69. The van der Waals surface area contributed by atoms with Gasteiger partial charge in [-0.2, -0.15) is 0 Å². The fraction of sp³-hybridized carbons (Fsp3) is 0.143. The predicted octanol–water partition coefficient (Wildman–Crippen LogP) is 3.83. The number of hydrogen-bond acceptors (Lipinski definition) is 3. The van der Waals surface area contributed by atoms with E-state index in [1.54, 1.807) is 19.1 Å². The molecule has 0 saturated heterocycles. The van der Waals surface area contributed by atoms with Gasteiger partial charge in [-0.1, -0.05) is 44.0 Å². The summed E-state index contributed by atoms with van der Waals surface area (Å²) in [6, 6.07) is 11.9. The van der Waals surface area contributed by atoms with Gasteiger partial charge in [0.25, 0.3) is 0 Å². The van der Waals surface area contributed by atoms with Crippen LogP contribution in [-0.2, 0) is 10.0 Å². The van der Waals surface area contributed by atoms with Gasteiger partial charge in [0, 0.05) is 15.0 Å². The third-order valence-corrected chi connectivity index (χ3v) is 5.53. The van der Waals surface area contributed by atoms with Crippen LogP contribution >= 0.6 is 31.9 Å². The molecule has 2 rings (SSSR count). The molecule has 0 fully saturated rings. The van der Waals surface area contributed by atoms with E-state index in [1.807, 2.05) is 24.3 Å². The summed E-state index contributed by atoms with van der Waals surface area (Å²) in [5, 5.41) is 0. The molecule has 0 amide bonds. The number of sulfonamides is 1. The van der Waals surface area contributed by atoms with E-state index in [1.165, 1.54) is 6.07 Å². The van der Waals surface area contributed by atoms with Gasteiger partial charge in [0.15, 0.2) is 0 Å². The second kappa shape index (κ2) is 6.48. The zero-order valence-corrected chi connectivity index (χ0v) is 15.2. The average Bonchev–Trinajstić information content (AvgIpc) is 2.41. The summed E-state index contributed by atoms with van der Waals surface area (Å²) in [6.07, 6.45) is 0. The van der Waals surface area contributed by atoms with Gasteiger partial charge >= 0.3 is 0 Å². The summed E-state index contributed by atoms with van der Waals surface area (Å²) in [7, 11) is -3.69. The maximum atomic E-state index is 12.5. The van der Waals surface area contributed by atoms with Crippen molar-refractivity contribution in [3.8, 4) is 0 Å². The van der Waals surface area contributed by atoms with Gasteiger partial charge in [0.1, 0.15) is 4.90 Å². The van der Waals surface area contributed by atoms with E-state index in [0.717, 1.165) is 10.0 Å². The molecule has 112 valence electrons. The average molecular weight is 434 g/mol. The van der Waals surface area contributed by atoms with Crippen LogP contribution in [0.3, 0.4) is 0 Å². The van der Waals surface area contributed by atoms with Crippen molar-refractivity contribution in [2.24, 2.45) is 0 Å². The van der Waals surface area contributed by atoms with E-state index >= 15 is 0 Å². The number of hydrogen-bond donors (Lipinski definition) is 2. The first-order chi connectivity index (χ1) is 9.79. The summed E-state index contributed by atoms with van der Waals surface area (Å²) in [5.74, 6) is 0. The molecule has 0 bridgehead atoms. The lowest BCUT2D eigenvalue weighted by Crippen LogP contribution is -2.27. The summed E-state index contributed by atoms with van der Waals surface area (Å²) in [4.78, 5) is 0.0683. The van der Waals surface area contributed by atoms with E-state index < -0.39 is 10.0 Å². The van der Waals surface area contributed by atoms with E-state index in [0.29, 0.717) is 4.47 Å². The first-order valence-corrected chi connectivity index (χ1v) is 9.19. The Labute approximate surface area is 141 Å². The summed E-state index contributed by atoms with van der Waals surface area (Å²) >= 11 is 6.63. The molecule has 1 atom stereocenters. The number of anilines is 1.